The number of esters is 1. The van der Waals surface area contributed by atoms with Crippen LogP contribution in [0.1, 0.15) is 17.2 Å². The summed E-state index contributed by atoms with van der Waals surface area (Å²) in [4.78, 5) is 12.4. The molecule has 2 aliphatic rings. The number of carbonyl (C=O) groups is 1. The van der Waals surface area contributed by atoms with E-state index in [2.05, 4.69) is 0 Å². The molecular weight excluding hydrogens is 364 g/mol. The fourth-order valence-electron chi connectivity index (χ4n) is 3.79. The van der Waals surface area contributed by atoms with Crippen LogP contribution in [0.2, 0.25) is 0 Å². The van der Waals surface area contributed by atoms with Gasteiger partial charge in [-0.1, -0.05) is 6.07 Å². The second-order valence-corrected chi connectivity index (χ2v) is 6.86. The number of hydrogen-bond donors (Lipinski definition) is 1. The van der Waals surface area contributed by atoms with E-state index in [9.17, 15) is 9.90 Å². The maximum Gasteiger partial charge on any atom is 0.312 e. The Morgan fingerprint density at radius 1 is 1.07 bits per heavy atom. The van der Waals surface area contributed by atoms with Gasteiger partial charge in [-0.05, 0) is 42.3 Å². The second-order valence-electron chi connectivity index (χ2n) is 6.86. The van der Waals surface area contributed by atoms with Crippen LogP contribution < -0.4 is 18.9 Å². The van der Waals surface area contributed by atoms with E-state index in [0.29, 0.717) is 35.0 Å². The highest BCUT2D eigenvalue weighted by molar-refractivity contribution is 5.76. The van der Waals surface area contributed by atoms with Crippen molar-refractivity contribution in [2.45, 2.75) is 12.5 Å². The molecule has 0 aliphatic carbocycles. The lowest BCUT2D eigenvalue weighted by atomic mass is 9.82. The molecule has 28 heavy (non-hydrogen) atoms. The first-order chi connectivity index (χ1) is 13.6. The van der Waals surface area contributed by atoms with Gasteiger partial charge in [0.25, 0.3) is 0 Å². The maximum absolute atomic E-state index is 12.4. The van der Waals surface area contributed by atoms with E-state index < -0.39 is 18.0 Å². The second kappa shape index (κ2) is 7.59. The zero-order valence-corrected chi connectivity index (χ0v) is 15.7. The first-order valence-electron chi connectivity index (χ1n) is 9.06. The third-order valence-electron chi connectivity index (χ3n) is 5.25. The lowest BCUT2D eigenvalue weighted by molar-refractivity contribution is -0.144. The van der Waals surface area contributed by atoms with Gasteiger partial charge in [-0.2, -0.15) is 0 Å². The van der Waals surface area contributed by atoms with Crippen molar-refractivity contribution in [3.63, 3.8) is 0 Å². The number of ether oxygens (including phenoxy) is 5. The average molecular weight is 386 g/mol. The Kier molecular flexibility index (Phi) is 5.00. The van der Waals surface area contributed by atoms with Gasteiger partial charge in [0.15, 0.2) is 11.5 Å². The van der Waals surface area contributed by atoms with Gasteiger partial charge in [0, 0.05) is 11.5 Å². The third kappa shape index (κ3) is 3.33. The highest BCUT2D eigenvalue weighted by Crippen LogP contribution is 2.41. The van der Waals surface area contributed by atoms with Crippen LogP contribution in [0.3, 0.4) is 0 Å². The molecule has 148 valence electrons. The number of hydrogen-bond acceptors (Lipinski definition) is 7. The van der Waals surface area contributed by atoms with Crippen LogP contribution in [-0.4, -0.2) is 38.7 Å². The number of methoxy groups -OCH3 is 2. The highest BCUT2D eigenvalue weighted by Gasteiger charge is 2.43. The molecule has 4 rings (SSSR count). The number of rotatable bonds is 6. The third-order valence-corrected chi connectivity index (χ3v) is 5.25. The SMILES string of the molecule is COc1ccc(OC)c(C(O)[C@H]2C(=O)OC[C@@H]2Cc2ccc3c(c2)OCO3)c1. The van der Waals surface area contributed by atoms with Crippen molar-refractivity contribution in [2.75, 3.05) is 27.6 Å². The molecule has 7 heteroatoms. The van der Waals surface area contributed by atoms with Gasteiger partial charge in [0.2, 0.25) is 6.79 Å². The van der Waals surface area contributed by atoms with Gasteiger partial charge < -0.3 is 28.8 Å². The Morgan fingerprint density at radius 3 is 2.68 bits per heavy atom. The van der Waals surface area contributed by atoms with Crippen LogP contribution in [0.25, 0.3) is 0 Å². The van der Waals surface area contributed by atoms with Crippen LogP contribution in [0.15, 0.2) is 36.4 Å². The molecule has 2 aromatic carbocycles. The van der Waals surface area contributed by atoms with Gasteiger partial charge >= 0.3 is 5.97 Å². The Bertz CT molecular complexity index is 879. The molecule has 0 amide bonds. The standard InChI is InChI=1S/C21H22O7/c1-24-14-4-6-16(25-2)15(9-14)20(22)19-13(10-26-21(19)23)7-12-3-5-17-18(8-12)28-11-27-17/h3-6,8-9,13,19-20,22H,7,10-11H2,1-2H3/t13-,19-,20?/m0/s1. The number of aliphatic hydroxyl groups excluding tert-OH is 1. The number of cyclic esters (lactones) is 1. The molecule has 0 radical (unpaired) electrons. The van der Waals surface area contributed by atoms with Crippen LogP contribution in [0, 0.1) is 11.8 Å². The number of benzene rings is 2. The zero-order chi connectivity index (χ0) is 19.7. The van der Waals surface area contributed by atoms with Crippen LogP contribution in [0.5, 0.6) is 23.0 Å². The summed E-state index contributed by atoms with van der Waals surface area (Å²) in [5, 5.41) is 11.0. The van der Waals surface area contributed by atoms with Crippen molar-refractivity contribution in [2.24, 2.45) is 11.8 Å². The molecule has 1 saturated heterocycles. The molecule has 1 N–H and O–H groups in total. The topological polar surface area (TPSA) is 83.5 Å². The molecule has 3 atom stereocenters. The molecule has 0 saturated carbocycles. The van der Waals surface area contributed by atoms with Crippen molar-refractivity contribution in [1.82, 2.24) is 0 Å². The van der Waals surface area contributed by atoms with Crippen molar-refractivity contribution in [3.05, 3.63) is 47.5 Å². The van der Waals surface area contributed by atoms with Crippen molar-refractivity contribution in [3.8, 4) is 23.0 Å². The maximum atomic E-state index is 12.4. The summed E-state index contributed by atoms with van der Waals surface area (Å²) in [5.74, 6) is 1.17. The molecule has 7 nitrogen and oxygen atoms in total. The Morgan fingerprint density at radius 2 is 1.89 bits per heavy atom. The molecule has 0 bridgehead atoms. The number of aliphatic hydroxyl groups is 1. The molecule has 2 aromatic rings. The first kappa shape index (κ1) is 18.4. The summed E-state index contributed by atoms with van der Waals surface area (Å²) in [5.41, 5.74) is 1.49. The molecule has 0 aromatic heterocycles. The minimum atomic E-state index is -1.07. The molecule has 2 aliphatic heterocycles. The minimum absolute atomic E-state index is 0.182. The van der Waals surface area contributed by atoms with E-state index in [0.717, 1.165) is 5.56 Å². The zero-order valence-electron chi connectivity index (χ0n) is 15.7. The number of carbonyl (C=O) groups excluding carboxylic acids is 1. The van der Waals surface area contributed by atoms with Crippen molar-refractivity contribution < 1.29 is 33.6 Å². The highest BCUT2D eigenvalue weighted by atomic mass is 16.7. The summed E-state index contributed by atoms with van der Waals surface area (Å²) >= 11 is 0. The van der Waals surface area contributed by atoms with E-state index >= 15 is 0 Å². The summed E-state index contributed by atoms with van der Waals surface area (Å²) in [6.45, 7) is 0.460. The molecule has 1 unspecified atom stereocenters. The molecule has 1 fully saturated rings. The Balaban J connectivity index is 1.59. The monoisotopic (exact) mass is 386 g/mol. The van der Waals surface area contributed by atoms with Gasteiger partial charge in [0.05, 0.1) is 32.8 Å². The Hall–Kier alpha value is -2.93. The Labute approximate surface area is 162 Å². The smallest absolute Gasteiger partial charge is 0.312 e. The average Bonchev–Trinajstić information content (AvgIpc) is 3.33. The lowest BCUT2D eigenvalue weighted by Crippen LogP contribution is -2.25. The van der Waals surface area contributed by atoms with Gasteiger partial charge in [-0.25, -0.2) is 0 Å². The van der Waals surface area contributed by atoms with E-state index in [1.165, 1.54) is 7.11 Å². The van der Waals surface area contributed by atoms with Crippen molar-refractivity contribution in [1.29, 1.82) is 0 Å². The quantitative estimate of drug-likeness (QED) is 0.764. The predicted molar refractivity (Wildman–Crippen MR) is 98.7 cm³/mol. The van der Waals surface area contributed by atoms with E-state index in [-0.39, 0.29) is 19.3 Å². The van der Waals surface area contributed by atoms with Crippen LogP contribution >= 0.6 is 0 Å². The van der Waals surface area contributed by atoms with E-state index in [1.807, 2.05) is 18.2 Å². The predicted octanol–water partition coefficient (Wildman–Crippen LogP) is 2.50. The summed E-state index contributed by atoms with van der Waals surface area (Å²) in [7, 11) is 3.07. The fraction of sp³-hybridized carbons (Fsp3) is 0.381. The van der Waals surface area contributed by atoms with Crippen LogP contribution in [-0.2, 0) is 16.0 Å². The summed E-state index contributed by atoms with van der Waals surface area (Å²) < 4.78 is 26.7. The molecule has 2 heterocycles. The van der Waals surface area contributed by atoms with Gasteiger partial charge in [-0.15, -0.1) is 0 Å². The fourth-order valence-corrected chi connectivity index (χ4v) is 3.79. The lowest BCUT2D eigenvalue weighted by Gasteiger charge is -2.23. The minimum Gasteiger partial charge on any atom is -0.497 e. The first-order valence-corrected chi connectivity index (χ1v) is 9.06. The number of fused-ring (bicyclic) bond motifs is 1. The van der Waals surface area contributed by atoms with E-state index in [1.54, 1.807) is 25.3 Å². The molecular formula is C21H22O7. The van der Waals surface area contributed by atoms with Crippen LogP contribution in [0.4, 0.5) is 0 Å². The van der Waals surface area contributed by atoms with Gasteiger partial charge in [-0.3, -0.25) is 4.79 Å². The molecule has 0 spiro atoms. The summed E-state index contributed by atoms with van der Waals surface area (Å²) in [6.07, 6.45) is -0.504. The van der Waals surface area contributed by atoms with E-state index in [4.69, 9.17) is 23.7 Å². The summed E-state index contributed by atoms with van der Waals surface area (Å²) in [6, 6.07) is 10.8. The van der Waals surface area contributed by atoms with Crippen molar-refractivity contribution >= 4 is 5.97 Å². The van der Waals surface area contributed by atoms with Gasteiger partial charge in [0.1, 0.15) is 11.5 Å². The largest absolute Gasteiger partial charge is 0.497 e. The normalized spacial score (nSPS) is 21.3.